The molecule has 18 heteroatoms. The van der Waals surface area contributed by atoms with Crippen molar-refractivity contribution in [2.24, 2.45) is 0 Å². The van der Waals surface area contributed by atoms with Gasteiger partial charge in [-0.1, -0.05) is 71.8 Å². The van der Waals surface area contributed by atoms with Gasteiger partial charge in [-0.05, 0) is 124 Å². The van der Waals surface area contributed by atoms with Gasteiger partial charge in [0, 0.05) is 42.3 Å². The summed E-state index contributed by atoms with van der Waals surface area (Å²) in [6.07, 6.45) is 0. The number of nitrogens with zero attached hydrogens (tertiary/aromatic N) is 3. The fourth-order valence-electron chi connectivity index (χ4n) is 17.0. The Balaban J connectivity index is 0.0000000947. The van der Waals surface area contributed by atoms with Gasteiger partial charge in [0.1, 0.15) is 5.58 Å². The van der Waals surface area contributed by atoms with Crippen molar-refractivity contribution >= 4 is 352 Å². The molecular weight excluding hydrogens is 1690 g/mol. The van der Waals surface area contributed by atoms with Crippen LogP contribution in [0.1, 0.15) is 50.1 Å². The minimum atomic E-state index is 0.367. The van der Waals surface area contributed by atoms with Crippen molar-refractivity contribution in [1.29, 1.82) is 0 Å². The maximum atomic E-state index is 6.67. The van der Waals surface area contributed by atoms with Crippen LogP contribution in [0.15, 0.2) is 195 Å². The van der Waals surface area contributed by atoms with Crippen LogP contribution in [0.3, 0.4) is 0 Å². The van der Waals surface area contributed by atoms with E-state index in [1.54, 1.807) is 21.7 Å². The van der Waals surface area contributed by atoms with E-state index in [2.05, 4.69) is 258 Å². The molecule has 0 unspecified atom stereocenters. The van der Waals surface area contributed by atoms with Gasteiger partial charge in [0.05, 0.1) is 87.9 Å². The predicted octanol–water partition coefficient (Wildman–Crippen LogP) is 31.9. The normalized spacial score (nSPS) is 12.7. The summed E-state index contributed by atoms with van der Waals surface area (Å²) in [5.41, 5.74) is 29.3. The number of hydrogen-bond donors (Lipinski definition) is 0. The van der Waals surface area contributed by atoms with Gasteiger partial charge in [-0.15, -0.1) is 90.7 Å². The molecule has 18 heterocycles. The van der Waals surface area contributed by atoms with Crippen molar-refractivity contribution in [3.63, 3.8) is 0 Å². The molecule has 0 bridgehead atoms. The van der Waals surface area contributed by atoms with Crippen molar-refractivity contribution in [3.8, 4) is 17.1 Å². The molecule has 0 N–H and O–H groups in total. The summed E-state index contributed by atoms with van der Waals surface area (Å²) in [5, 5.41) is 7.87. The SMILES string of the molecule is Cc1ccc(-n2c3c4ccc(C)cc4oc3c3sc4c(sc5c4[se]c4c6ccc(C)cc6[se]c54)c32)cc1.Cc1ccc(-n2c3c4ccc(C)cc4sc3c3sc4c5oc6c7ccc(C)cc7sc6c5sc4c32)cc1.Cc1ccc(-n2c3cc(C)ccc3c3sc4c5sc6c7oc8cc(C)ccc8c7sc6c5sc4c32)cc1. The number of benzene rings is 9. The zero-order valence-corrected chi connectivity index (χ0v) is 72.4. The van der Waals surface area contributed by atoms with Crippen LogP contribution in [0, 0.1) is 62.3 Å². The van der Waals surface area contributed by atoms with Crippen LogP contribution in [-0.4, -0.2) is 42.7 Å². The minimum Gasteiger partial charge on any atom is -0.454 e. The number of aryl methyl sites for hydroxylation is 9. The monoisotopic (exact) mass is 1740 g/mol. The van der Waals surface area contributed by atoms with Crippen LogP contribution in [0.4, 0.5) is 0 Å². The summed E-state index contributed by atoms with van der Waals surface area (Å²) in [6.45, 7) is 19.5. The standard InChI is InChI=1S/2C31H19NOS4.C31H19NOS2Se2/c1-14-4-8-17(9-5-14)32-20-12-15(2)6-10-18(20)24-22(32)26-28(34-24)30-31(36-26)29-27(37-30)23-25(35-29)19-11-7-16(3)13-21(19)33-23;1-14-4-8-17(9-5-14)32-22-18-10-6-15(2)12-20(18)34-26(22)27-23(32)28-30(36-27)25-31(37-28)29-24(33-25)19-11-7-16(3)13-21(19)35-29;1-14-4-8-17(9-5-14)32-22-18-10-6-15(2)12-20(18)33-24(22)25-23(32)26-27(34-25)30-28(35-26)31-29(37-30)19-11-7-16(3)13-21(19)36-31/h3*4-13H,1-3H3. The molecule has 111 heavy (non-hydrogen) atoms. The number of fused-ring (bicyclic) bond motifs is 39. The molecule has 6 nitrogen and oxygen atoms in total. The number of aromatic nitrogens is 3. The van der Waals surface area contributed by atoms with E-state index in [0.717, 1.165) is 33.5 Å². The second-order valence-electron chi connectivity index (χ2n) is 30.0. The van der Waals surface area contributed by atoms with Gasteiger partial charge in [-0.3, -0.25) is 0 Å². The van der Waals surface area contributed by atoms with Gasteiger partial charge >= 0.3 is 233 Å². The smallest absolute Gasteiger partial charge is 0.165 e. The van der Waals surface area contributed by atoms with Gasteiger partial charge < -0.3 is 18.0 Å². The van der Waals surface area contributed by atoms with Gasteiger partial charge in [-0.25, -0.2) is 0 Å². The second-order valence-corrected chi connectivity index (χ2v) is 44.7. The maximum absolute atomic E-state index is 6.67. The van der Waals surface area contributed by atoms with E-state index in [0.29, 0.717) is 29.0 Å². The first-order valence-electron chi connectivity index (χ1n) is 36.8. The van der Waals surface area contributed by atoms with E-state index in [9.17, 15) is 0 Å². The number of hydrogen-bond acceptors (Lipinski definition) is 13. The zero-order valence-electron chi connectivity index (χ0n) is 60.8. The Morgan fingerprint density at radius 3 is 1.33 bits per heavy atom. The largest absolute Gasteiger partial charge is 0.454 e. The van der Waals surface area contributed by atoms with Crippen LogP contribution in [0.2, 0.25) is 0 Å². The molecule has 0 radical (unpaired) electrons. The molecule has 0 saturated carbocycles. The van der Waals surface area contributed by atoms with Gasteiger partial charge in [-0.2, -0.15) is 0 Å². The zero-order chi connectivity index (χ0) is 73.7. The summed E-state index contributed by atoms with van der Waals surface area (Å²) >= 11 is 20.1. The fraction of sp³-hybridized carbons (Fsp3) is 0.0968. The Morgan fingerprint density at radius 2 is 0.631 bits per heavy atom. The van der Waals surface area contributed by atoms with Crippen molar-refractivity contribution in [2.75, 3.05) is 0 Å². The third kappa shape index (κ3) is 9.28. The third-order valence-electron chi connectivity index (χ3n) is 22.3. The summed E-state index contributed by atoms with van der Waals surface area (Å²) < 4.78 is 61.1. The van der Waals surface area contributed by atoms with E-state index in [4.69, 9.17) is 13.3 Å². The fourth-order valence-corrected chi connectivity index (χ4v) is 39.0. The third-order valence-corrected chi connectivity index (χ3v) is 42.0. The van der Waals surface area contributed by atoms with Crippen molar-refractivity contribution < 1.29 is 13.3 Å². The molecule has 27 rings (SSSR count). The summed E-state index contributed by atoms with van der Waals surface area (Å²) in [4.78, 5) is 0. The molecule has 27 aromatic rings. The van der Waals surface area contributed by atoms with Crippen LogP contribution >= 0.6 is 113 Å². The Labute approximate surface area is 683 Å². The predicted molar refractivity (Wildman–Crippen MR) is 497 cm³/mol. The molecule has 0 atom stereocenters. The van der Waals surface area contributed by atoms with Gasteiger partial charge in [0.15, 0.2) is 16.7 Å². The molecule has 0 saturated heterocycles. The average molecular weight is 1740 g/mol. The molecule has 0 fully saturated rings. The van der Waals surface area contributed by atoms with E-state index in [1.165, 1.54) is 222 Å². The molecule has 0 aliphatic heterocycles. The second kappa shape index (κ2) is 23.6. The van der Waals surface area contributed by atoms with Crippen molar-refractivity contribution in [3.05, 3.63) is 232 Å². The average Bonchev–Trinajstić information content (AvgIpc) is 1.51. The Bertz CT molecular complexity index is 8420. The topological polar surface area (TPSA) is 54.2 Å². The maximum Gasteiger partial charge on any atom is 0.165 e. The van der Waals surface area contributed by atoms with Crippen LogP contribution in [-0.2, 0) is 0 Å². The van der Waals surface area contributed by atoms with Gasteiger partial charge in [0.25, 0.3) is 0 Å². The van der Waals surface area contributed by atoms with E-state index < -0.39 is 0 Å². The minimum absolute atomic E-state index is 0.367. The summed E-state index contributed by atoms with van der Waals surface area (Å²) in [7, 11) is 0. The quantitative estimate of drug-likeness (QED) is 0.166. The number of rotatable bonds is 3. The molecule has 534 valence electrons. The van der Waals surface area contributed by atoms with Crippen molar-refractivity contribution in [1.82, 2.24) is 13.7 Å². The van der Waals surface area contributed by atoms with E-state index in [1.807, 2.05) is 113 Å². The number of furan rings is 3. The van der Waals surface area contributed by atoms with Crippen LogP contribution in [0.5, 0.6) is 0 Å². The Hall–Kier alpha value is -8.88. The van der Waals surface area contributed by atoms with E-state index in [-0.39, 0.29) is 0 Å². The first-order chi connectivity index (χ1) is 54.1. The van der Waals surface area contributed by atoms with Gasteiger partial charge in [0.2, 0.25) is 0 Å². The molecule has 9 aromatic carbocycles. The Morgan fingerprint density at radius 1 is 0.225 bits per heavy atom. The summed E-state index contributed by atoms with van der Waals surface area (Å²) in [5.74, 6) is 0. The molecule has 18 aromatic heterocycles. The summed E-state index contributed by atoms with van der Waals surface area (Å²) in [6, 6.07) is 67.6. The molecule has 0 aliphatic rings. The van der Waals surface area contributed by atoms with Crippen LogP contribution in [0.25, 0.3) is 227 Å². The van der Waals surface area contributed by atoms with E-state index >= 15 is 0 Å². The first kappa shape index (κ1) is 65.6. The first-order valence-corrected chi connectivity index (χ1v) is 48.4. The molecule has 0 amide bonds. The molecular formula is C93H57N3O3S10Se2. The number of thiophene rings is 10. The van der Waals surface area contributed by atoms with Crippen molar-refractivity contribution in [2.45, 2.75) is 62.3 Å². The Kier molecular flexibility index (Phi) is 14.0. The molecule has 0 aliphatic carbocycles. The molecule has 0 spiro atoms. The van der Waals surface area contributed by atoms with Crippen LogP contribution < -0.4 is 0 Å².